The Morgan fingerprint density at radius 3 is 2.52 bits per heavy atom. The zero-order valence-electron chi connectivity index (χ0n) is 13.1. The van der Waals surface area contributed by atoms with E-state index in [1.807, 2.05) is 0 Å². The normalized spacial score (nSPS) is 29.5. The molecule has 23 heavy (non-hydrogen) atoms. The second-order valence-electron chi connectivity index (χ2n) is 6.55. The van der Waals surface area contributed by atoms with Gasteiger partial charge in [-0.25, -0.2) is 4.79 Å². The van der Waals surface area contributed by atoms with Crippen molar-refractivity contribution in [1.29, 1.82) is 0 Å². The van der Waals surface area contributed by atoms with Gasteiger partial charge in [0.25, 0.3) is 11.5 Å². The van der Waals surface area contributed by atoms with E-state index in [2.05, 4.69) is 10.3 Å². The van der Waals surface area contributed by atoms with E-state index in [1.165, 1.54) is 19.7 Å². The number of amides is 1. The number of nitrogens with two attached hydrogens (primary N) is 1. The van der Waals surface area contributed by atoms with Crippen LogP contribution in [0.15, 0.2) is 15.8 Å². The molecule has 8 heteroatoms. The Balaban J connectivity index is 0.00000192. The SMILES string of the molecule is Cl.Cn1c(=O)[nH]cc(C(=O)NC2C3CCCC2CC(N)C3)c1=O. The van der Waals surface area contributed by atoms with Gasteiger partial charge in [-0.3, -0.25) is 14.2 Å². The first-order valence-corrected chi connectivity index (χ1v) is 7.82. The maximum atomic E-state index is 12.4. The number of fused-ring (bicyclic) bond motifs is 2. The molecule has 1 aromatic rings. The summed E-state index contributed by atoms with van der Waals surface area (Å²) < 4.78 is 0.909. The van der Waals surface area contributed by atoms with Crippen molar-refractivity contribution in [2.75, 3.05) is 0 Å². The molecule has 0 aliphatic heterocycles. The first-order valence-electron chi connectivity index (χ1n) is 7.82. The Morgan fingerprint density at radius 1 is 1.30 bits per heavy atom. The van der Waals surface area contributed by atoms with Crippen LogP contribution in [-0.2, 0) is 7.05 Å². The van der Waals surface area contributed by atoms with E-state index in [4.69, 9.17) is 5.73 Å². The van der Waals surface area contributed by atoms with Crippen LogP contribution in [0.1, 0.15) is 42.5 Å². The predicted molar refractivity (Wildman–Crippen MR) is 88.8 cm³/mol. The Hall–Kier alpha value is -1.60. The van der Waals surface area contributed by atoms with E-state index in [0.717, 1.165) is 30.3 Å². The highest BCUT2D eigenvalue weighted by molar-refractivity contribution is 5.93. The van der Waals surface area contributed by atoms with E-state index >= 15 is 0 Å². The molecule has 3 rings (SSSR count). The van der Waals surface area contributed by atoms with Gasteiger partial charge in [-0.05, 0) is 37.5 Å². The summed E-state index contributed by atoms with van der Waals surface area (Å²) in [6.45, 7) is 0. The number of hydrogen-bond donors (Lipinski definition) is 3. The zero-order valence-corrected chi connectivity index (χ0v) is 13.9. The van der Waals surface area contributed by atoms with E-state index < -0.39 is 17.2 Å². The molecule has 2 saturated carbocycles. The number of carbonyl (C=O) groups excluding carboxylic acids is 1. The molecule has 1 amide bonds. The second-order valence-corrected chi connectivity index (χ2v) is 6.55. The third kappa shape index (κ3) is 3.35. The van der Waals surface area contributed by atoms with E-state index in [-0.39, 0.29) is 30.1 Å². The lowest BCUT2D eigenvalue weighted by Crippen LogP contribution is -2.54. The summed E-state index contributed by atoms with van der Waals surface area (Å²) in [4.78, 5) is 38.2. The highest BCUT2D eigenvalue weighted by atomic mass is 35.5. The van der Waals surface area contributed by atoms with E-state index in [0.29, 0.717) is 11.8 Å². The molecule has 1 aromatic heterocycles. The monoisotopic (exact) mass is 342 g/mol. The van der Waals surface area contributed by atoms with Crippen LogP contribution in [0.3, 0.4) is 0 Å². The number of halogens is 1. The summed E-state index contributed by atoms with van der Waals surface area (Å²) in [7, 11) is 1.35. The van der Waals surface area contributed by atoms with Crippen molar-refractivity contribution in [3.63, 3.8) is 0 Å². The molecule has 2 aliphatic carbocycles. The van der Waals surface area contributed by atoms with Crippen LogP contribution in [0.4, 0.5) is 0 Å². The summed E-state index contributed by atoms with van der Waals surface area (Å²) in [5, 5.41) is 3.02. The van der Waals surface area contributed by atoms with Crippen LogP contribution in [0.2, 0.25) is 0 Å². The topological polar surface area (TPSA) is 110 Å². The van der Waals surface area contributed by atoms with Gasteiger partial charge in [-0.2, -0.15) is 0 Å². The average Bonchev–Trinajstić information content (AvgIpc) is 2.46. The Labute approximate surface area is 140 Å². The summed E-state index contributed by atoms with van der Waals surface area (Å²) in [6, 6.07) is 0.294. The van der Waals surface area contributed by atoms with Crippen molar-refractivity contribution in [1.82, 2.24) is 14.9 Å². The molecule has 0 aromatic carbocycles. The van der Waals surface area contributed by atoms with Gasteiger partial charge in [0.1, 0.15) is 5.56 Å². The van der Waals surface area contributed by atoms with Crippen LogP contribution in [0.25, 0.3) is 0 Å². The molecule has 1 heterocycles. The molecule has 2 aliphatic rings. The van der Waals surface area contributed by atoms with Crippen LogP contribution in [0.5, 0.6) is 0 Å². The van der Waals surface area contributed by atoms with Gasteiger partial charge in [-0.1, -0.05) is 6.42 Å². The van der Waals surface area contributed by atoms with Gasteiger partial charge in [-0.15, -0.1) is 12.4 Å². The first-order chi connectivity index (χ1) is 10.5. The highest BCUT2D eigenvalue weighted by Gasteiger charge is 2.40. The standard InChI is InChI=1S/C15H22N4O3.ClH/c1-19-14(21)11(7-17-15(19)22)13(20)18-12-8-3-2-4-9(12)6-10(16)5-8;/h7-10,12H,2-6,16H2,1H3,(H,17,22)(H,18,20);1H. The number of aromatic nitrogens is 2. The largest absolute Gasteiger partial charge is 0.349 e. The summed E-state index contributed by atoms with van der Waals surface area (Å²) in [5.41, 5.74) is 4.97. The van der Waals surface area contributed by atoms with Gasteiger partial charge >= 0.3 is 5.69 Å². The molecule has 0 saturated heterocycles. The molecule has 0 radical (unpaired) electrons. The molecule has 2 unspecified atom stereocenters. The maximum Gasteiger partial charge on any atom is 0.328 e. The van der Waals surface area contributed by atoms with Crippen molar-refractivity contribution in [3.8, 4) is 0 Å². The fraction of sp³-hybridized carbons (Fsp3) is 0.667. The fourth-order valence-electron chi connectivity index (χ4n) is 3.98. The lowest BCUT2D eigenvalue weighted by molar-refractivity contribution is 0.0753. The number of H-pyrrole nitrogens is 1. The zero-order chi connectivity index (χ0) is 15.9. The Bertz CT molecular complexity index is 685. The molecule has 7 nitrogen and oxygen atoms in total. The number of nitrogens with zero attached hydrogens (tertiary/aromatic N) is 1. The summed E-state index contributed by atoms with van der Waals surface area (Å²) in [5.74, 6) is 0.366. The van der Waals surface area contributed by atoms with Crippen molar-refractivity contribution in [2.24, 2.45) is 24.6 Å². The van der Waals surface area contributed by atoms with Gasteiger partial charge < -0.3 is 16.0 Å². The number of hydrogen-bond acceptors (Lipinski definition) is 4. The predicted octanol–water partition coefficient (Wildman–Crippen LogP) is 0.131. The van der Waals surface area contributed by atoms with Gasteiger partial charge in [0, 0.05) is 25.3 Å². The van der Waals surface area contributed by atoms with Crippen molar-refractivity contribution in [2.45, 2.75) is 44.2 Å². The maximum absolute atomic E-state index is 12.4. The fourth-order valence-corrected chi connectivity index (χ4v) is 3.98. The number of carbonyl (C=O) groups is 1. The smallest absolute Gasteiger partial charge is 0.328 e. The molecule has 4 N–H and O–H groups in total. The number of nitrogens with one attached hydrogen (secondary N) is 2. The van der Waals surface area contributed by atoms with E-state index in [1.54, 1.807) is 0 Å². The summed E-state index contributed by atoms with van der Waals surface area (Å²) >= 11 is 0. The van der Waals surface area contributed by atoms with Crippen molar-refractivity contribution >= 4 is 18.3 Å². The van der Waals surface area contributed by atoms with Crippen molar-refractivity contribution < 1.29 is 4.79 Å². The minimum Gasteiger partial charge on any atom is -0.349 e. The van der Waals surface area contributed by atoms with E-state index in [9.17, 15) is 14.4 Å². The molecule has 0 spiro atoms. The first kappa shape index (κ1) is 17.7. The quantitative estimate of drug-likeness (QED) is 0.709. The minimum absolute atomic E-state index is 0. The Kier molecular flexibility index (Phi) is 5.31. The molecular weight excluding hydrogens is 320 g/mol. The average molecular weight is 343 g/mol. The number of aromatic amines is 1. The Morgan fingerprint density at radius 2 is 1.91 bits per heavy atom. The lowest BCUT2D eigenvalue weighted by Gasteiger charge is -2.45. The molecule has 2 atom stereocenters. The molecule has 2 bridgehead atoms. The third-order valence-corrected chi connectivity index (χ3v) is 5.10. The molecular formula is C15H23ClN4O3. The van der Waals surface area contributed by atoms with Gasteiger partial charge in [0.15, 0.2) is 0 Å². The van der Waals surface area contributed by atoms with Crippen molar-refractivity contribution in [3.05, 3.63) is 32.6 Å². The minimum atomic E-state index is -0.570. The van der Waals surface area contributed by atoms with Crippen LogP contribution < -0.4 is 22.3 Å². The summed E-state index contributed by atoms with van der Waals surface area (Å²) in [6.07, 6.45) is 6.35. The highest BCUT2D eigenvalue weighted by Crippen LogP contribution is 2.39. The van der Waals surface area contributed by atoms with Crippen LogP contribution in [0, 0.1) is 11.8 Å². The van der Waals surface area contributed by atoms with Crippen LogP contribution >= 0.6 is 12.4 Å². The number of rotatable bonds is 2. The van der Waals surface area contributed by atoms with Gasteiger partial charge in [0.2, 0.25) is 0 Å². The second kappa shape index (κ2) is 6.88. The van der Waals surface area contributed by atoms with Crippen LogP contribution in [-0.4, -0.2) is 27.5 Å². The molecule has 2 fully saturated rings. The lowest BCUT2D eigenvalue weighted by atomic mass is 9.67. The van der Waals surface area contributed by atoms with Gasteiger partial charge in [0.05, 0.1) is 0 Å². The third-order valence-electron chi connectivity index (χ3n) is 5.10. The molecule has 128 valence electrons.